The van der Waals surface area contributed by atoms with Gasteiger partial charge in [0, 0.05) is 22.6 Å². The van der Waals surface area contributed by atoms with E-state index in [1.807, 2.05) is 6.07 Å². The van der Waals surface area contributed by atoms with Crippen molar-refractivity contribution in [3.05, 3.63) is 58.7 Å². The number of nitrogens with one attached hydrogen (secondary N) is 1. The fourth-order valence-electron chi connectivity index (χ4n) is 2.84. The van der Waals surface area contributed by atoms with Crippen LogP contribution in [0, 0.1) is 0 Å². The van der Waals surface area contributed by atoms with Gasteiger partial charge in [0.25, 0.3) is 5.91 Å². The van der Waals surface area contributed by atoms with Crippen molar-refractivity contribution in [3.8, 4) is 17.2 Å². The van der Waals surface area contributed by atoms with E-state index < -0.39 is 11.9 Å². The summed E-state index contributed by atoms with van der Waals surface area (Å²) in [5.41, 5.74) is 1.54. The Labute approximate surface area is 184 Å². The fraction of sp³-hybridized carbons (Fsp3) is 0.227. The third-order valence-corrected chi connectivity index (χ3v) is 4.81. The van der Waals surface area contributed by atoms with Gasteiger partial charge in [0.15, 0.2) is 11.5 Å². The van der Waals surface area contributed by atoms with Gasteiger partial charge in [-0.15, -0.1) is 0 Å². The van der Waals surface area contributed by atoms with Crippen LogP contribution in [0.3, 0.4) is 0 Å². The molecule has 162 valence electrons. The van der Waals surface area contributed by atoms with Crippen LogP contribution in [-0.4, -0.2) is 44.7 Å². The van der Waals surface area contributed by atoms with Crippen LogP contribution in [0.25, 0.3) is 10.9 Å². The number of fused-ring (bicyclic) bond motifs is 1. The van der Waals surface area contributed by atoms with Gasteiger partial charge in [-0.2, -0.15) is 0 Å². The number of carbonyl (C=O) groups is 2. The zero-order chi connectivity index (χ0) is 22.4. The minimum atomic E-state index is -0.611. The second kappa shape index (κ2) is 9.99. The Hall–Kier alpha value is -3.52. The summed E-state index contributed by atoms with van der Waals surface area (Å²) in [4.78, 5) is 28.7. The highest BCUT2D eigenvalue weighted by atomic mass is 35.5. The van der Waals surface area contributed by atoms with Gasteiger partial charge in [0.1, 0.15) is 24.1 Å². The molecule has 1 N–H and O–H groups in total. The van der Waals surface area contributed by atoms with E-state index in [0.29, 0.717) is 33.9 Å². The smallest absolute Gasteiger partial charge is 0.325 e. The maximum atomic E-state index is 12.3. The Balaban J connectivity index is 1.58. The molecule has 0 bridgehead atoms. The van der Waals surface area contributed by atoms with E-state index in [4.69, 9.17) is 30.5 Å². The Morgan fingerprint density at radius 3 is 2.45 bits per heavy atom. The lowest BCUT2D eigenvalue weighted by atomic mass is 10.1. The lowest BCUT2D eigenvalue weighted by Gasteiger charge is -2.11. The number of rotatable bonds is 8. The van der Waals surface area contributed by atoms with Crippen LogP contribution in [0.2, 0.25) is 5.15 Å². The molecule has 0 aliphatic heterocycles. The van der Waals surface area contributed by atoms with Crippen LogP contribution in [0.15, 0.2) is 42.5 Å². The van der Waals surface area contributed by atoms with E-state index in [0.717, 1.165) is 5.39 Å². The summed E-state index contributed by atoms with van der Waals surface area (Å²) in [5.74, 6) is 0.518. The summed E-state index contributed by atoms with van der Waals surface area (Å²) in [7, 11) is 4.54. The number of aromatic nitrogens is 1. The van der Waals surface area contributed by atoms with Gasteiger partial charge in [-0.05, 0) is 36.4 Å². The number of methoxy groups -OCH3 is 3. The molecule has 0 atom stereocenters. The molecule has 9 heteroatoms. The van der Waals surface area contributed by atoms with E-state index in [1.165, 1.54) is 20.3 Å². The van der Waals surface area contributed by atoms with Gasteiger partial charge >= 0.3 is 5.97 Å². The van der Waals surface area contributed by atoms with Crippen molar-refractivity contribution in [2.45, 2.75) is 6.61 Å². The Morgan fingerprint density at radius 1 is 0.968 bits per heavy atom. The highest BCUT2D eigenvalue weighted by Crippen LogP contribution is 2.27. The van der Waals surface area contributed by atoms with Crippen LogP contribution in [0.4, 0.5) is 0 Å². The third-order valence-electron chi connectivity index (χ3n) is 4.48. The molecule has 3 rings (SSSR count). The molecule has 1 heterocycles. The predicted molar refractivity (Wildman–Crippen MR) is 115 cm³/mol. The fourth-order valence-corrected chi connectivity index (χ4v) is 3.04. The molecule has 0 aliphatic rings. The van der Waals surface area contributed by atoms with Crippen molar-refractivity contribution in [2.75, 3.05) is 27.9 Å². The third kappa shape index (κ3) is 5.35. The maximum Gasteiger partial charge on any atom is 0.325 e. The highest BCUT2D eigenvalue weighted by molar-refractivity contribution is 6.30. The van der Waals surface area contributed by atoms with Crippen molar-refractivity contribution in [1.29, 1.82) is 0 Å². The molecular formula is C22H21ClN2O6. The number of ether oxygens (including phenoxy) is 4. The first kappa shape index (κ1) is 22.2. The number of hydrogen-bond acceptors (Lipinski definition) is 7. The zero-order valence-corrected chi connectivity index (χ0v) is 18.0. The molecule has 8 nitrogen and oxygen atoms in total. The second-order valence-electron chi connectivity index (χ2n) is 6.41. The average molecular weight is 445 g/mol. The molecule has 3 aromatic rings. The first-order valence-electron chi connectivity index (χ1n) is 9.24. The van der Waals surface area contributed by atoms with E-state index in [9.17, 15) is 9.59 Å². The predicted octanol–water partition coefficient (Wildman–Crippen LogP) is 3.39. The van der Waals surface area contributed by atoms with Crippen molar-refractivity contribution in [3.63, 3.8) is 0 Å². The number of pyridine rings is 1. The van der Waals surface area contributed by atoms with Crippen LogP contribution in [0.1, 0.15) is 15.9 Å². The van der Waals surface area contributed by atoms with Crippen LogP contribution in [-0.2, 0) is 16.1 Å². The molecule has 2 aromatic carbocycles. The van der Waals surface area contributed by atoms with Crippen LogP contribution >= 0.6 is 11.6 Å². The molecule has 0 unspecified atom stereocenters. The number of esters is 1. The Morgan fingerprint density at radius 2 is 1.74 bits per heavy atom. The van der Waals surface area contributed by atoms with Crippen molar-refractivity contribution in [1.82, 2.24) is 10.3 Å². The van der Waals surface area contributed by atoms with Gasteiger partial charge in [0.2, 0.25) is 0 Å². The van der Waals surface area contributed by atoms with Crippen LogP contribution < -0.4 is 19.5 Å². The largest absolute Gasteiger partial charge is 0.497 e. The number of halogens is 1. The molecule has 0 saturated heterocycles. The lowest BCUT2D eigenvalue weighted by molar-refractivity contribution is -0.143. The summed E-state index contributed by atoms with van der Waals surface area (Å²) >= 11 is 6.21. The zero-order valence-electron chi connectivity index (χ0n) is 17.2. The summed E-state index contributed by atoms with van der Waals surface area (Å²) in [5, 5.41) is 3.56. The number of carbonyl (C=O) groups excluding carboxylic acids is 2. The molecule has 0 saturated carbocycles. The van der Waals surface area contributed by atoms with Gasteiger partial charge in [0.05, 0.1) is 26.8 Å². The van der Waals surface area contributed by atoms with Crippen molar-refractivity contribution in [2.24, 2.45) is 0 Å². The van der Waals surface area contributed by atoms with E-state index >= 15 is 0 Å². The first-order chi connectivity index (χ1) is 14.9. The van der Waals surface area contributed by atoms with Gasteiger partial charge < -0.3 is 24.3 Å². The molecule has 0 aliphatic carbocycles. The topological polar surface area (TPSA) is 96.0 Å². The quantitative estimate of drug-likeness (QED) is 0.420. The van der Waals surface area contributed by atoms with E-state index in [1.54, 1.807) is 37.4 Å². The molecule has 1 amide bonds. The average Bonchev–Trinajstić information content (AvgIpc) is 2.80. The number of hydrogen-bond donors (Lipinski definition) is 1. The Bertz CT molecular complexity index is 1120. The lowest BCUT2D eigenvalue weighted by Crippen LogP contribution is -2.30. The molecule has 0 radical (unpaired) electrons. The van der Waals surface area contributed by atoms with Crippen molar-refractivity contribution >= 4 is 34.4 Å². The Kier molecular flexibility index (Phi) is 7.15. The molecular weight excluding hydrogens is 424 g/mol. The summed E-state index contributed by atoms with van der Waals surface area (Å²) in [6, 6.07) is 11.9. The van der Waals surface area contributed by atoms with E-state index in [2.05, 4.69) is 10.3 Å². The molecule has 0 fully saturated rings. The SMILES string of the molecule is COc1ccc2cc(COC(=O)CNC(=O)c3ccc(OC)c(OC)c3)c(Cl)nc2c1. The van der Waals surface area contributed by atoms with Gasteiger partial charge in [-0.3, -0.25) is 9.59 Å². The minimum absolute atomic E-state index is 0.0706. The molecule has 0 spiro atoms. The molecule has 31 heavy (non-hydrogen) atoms. The van der Waals surface area contributed by atoms with Crippen molar-refractivity contribution < 1.29 is 28.5 Å². The molecule has 1 aromatic heterocycles. The monoisotopic (exact) mass is 444 g/mol. The standard InChI is InChI=1S/C22H21ClN2O6/c1-28-16-6-4-13-8-15(21(23)25-17(13)10-16)12-31-20(26)11-24-22(27)14-5-7-18(29-2)19(9-14)30-3/h4-10H,11-12H2,1-3H3,(H,24,27). The number of nitrogens with zero attached hydrogens (tertiary/aromatic N) is 1. The summed E-state index contributed by atoms with van der Waals surface area (Å²) < 4.78 is 20.7. The number of benzene rings is 2. The minimum Gasteiger partial charge on any atom is -0.497 e. The van der Waals surface area contributed by atoms with Gasteiger partial charge in [-0.25, -0.2) is 4.98 Å². The number of amides is 1. The summed E-state index contributed by atoms with van der Waals surface area (Å²) in [6.07, 6.45) is 0. The van der Waals surface area contributed by atoms with Gasteiger partial charge in [-0.1, -0.05) is 11.6 Å². The van der Waals surface area contributed by atoms with Crippen LogP contribution in [0.5, 0.6) is 17.2 Å². The second-order valence-corrected chi connectivity index (χ2v) is 6.77. The summed E-state index contributed by atoms with van der Waals surface area (Å²) in [6.45, 7) is -0.373. The van der Waals surface area contributed by atoms with E-state index in [-0.39, 0.29) is 18.3 Å². The normalized spacial score (nSPS) is 10.5. The maximum absolute atomic E-state index is 12.3. The highest BCUT2D eigenvalue weighted by Gasteiger charge is 2.14. The first-order valence-corrected chi connectivity index (χ1v) is 9.62.